The van der Waals surface area contributed by atoms with Gasteiger partial charge < -0.3 is 9.88 Å². The molecule has 0 atom stereocenters. The third-order valence-corrected chi connectivity index (χ3v) is 5.93. The Morgan fingerprint density at radius 3 is 2.59 bits per heavy atom. The summed E-state index contributed by atoms with van der Waals surface area (Å²) < 4.78 is 0. The maximum absolute atomic E-state index is 4.66. The number of fused-ring (bicyclic) bond motifs is 2. The van der Waals surface area contributed by atoms with Crippen LogP contribution in [-0.2, 0) is 6.54 Å². The van der Waals surface area contributed by atoms with Crippen molar-refractivity contribution in [3.63, 3.8) is 0 Å². The summed E-state index contributed by atoms with van der Waals surface area (Å²) in [4.78, 5) is 19.0. The summed E-state index contributed by atoms with van der Waals surface area (Å²) in [7, 11) is 4.10. The first-order valence-electron chi connectivity index (χ1n) is 11.1. The third-order valence-electron chi connectivity index (χ3n) is 5.93. The molecule has 34 heavy (non-hydrogen) atoms. The van der Waals surface area contributed by atoms with E-state index < -0.39 is 0 Å². The minimum absolute atomic E-state index is 0.828. The van der Waals surface area contributed by atoms with E-state index in [1.807, 2.05) is 30.9 Å². The number of hydrogen-bond acceptors (Lipinski definition) is 5. The number of H-pyrrole nitrogens is 2. The van der Waals surface area contributed by atoms with Gasteiger partial charge >= 0.3 is 0 Å². The molecule has 0 fully saturated rings. The lowest BCUT2D eigenvalue weighted by molar-refractivity contribution is 0.402. The lowest BCUT2D eigenvalue weighted by atomic mass is 10.0. The van der Waals surface area contributed by atoms with Gasteiger partial charge in [0.1, 0.15) is 5.69 Å². The smallest absolute Gasteiger partial charge is 0.116 e. The topological polar surface area (TPSA) is 86.4 Å². The molecule has 0 aliphatic heterocycles. The maximum Gasteiger partial charge on any atom is 0.116 e. The van der Waals surface area contributed by atoms with E-state index in [4.69, 9.17) is 0 Å². The fraction of sp³-hybridized carbons (Fsp3) is 0.111. The first kappa shape index (κ1) is 20.3. The van der Waals surface area contributed by atoms with Crippen LogP contribution in [0.25, 0.3) is 55.6 Å². The molecule has 6 rings (SSSR count). The lowest BCUT2D eigenvalue weighted by Crippen LogP contribution is -2.10. The number of nitrogens with one attached hydrogen (secondary N) is 2. The number of nitrogens with zero attached hydrogens (tertiary/aromatic N) is 5. The van der Waals surface area contributed by atoms with Crippen LogP contribution in [0.3, 0.4) is 0 Å². The van der Waals surface area contributed by atoms with Crippen LogP contribution in [0.15, 0.2) is 79.5 Å². The molecule has 0 spiro atoms. The fourth-order valence-corrected chi connectivity index (χ4v) is 4.42. The molecule has 6 aromatic rings. The highest BCUT2D eigenvalue weighted by Crippen LogP contribution is 2.34. The zero-order valence-electron chi connectivity index (χ0n) is 18.9. The second kappa shape index (κ2) is 8.20. The molecule has 0 aliphatic carbocycles. The van der Waals surface area contributed by atoms with E-state index in [2.05, 4.69) is 91.6 Å². The Morgan fingerprint density at radius 2 is 1.74 bits per heavy atom. The van der Waals surface area contributed by atoms with Crippen LogP contribution in [0.5, 0.6) is 0 Å². The Balaban J connectivity index is 1.45. The molecule has 5 aromatic heterocycles. The molecule has 5 heterocycles. The molecule has 7 nitrogen and oxygen atoms in total. The predicted molar refractivity (Wildman–Crippen MR) is 135 cm³/mol. The number of aromatic amines is 2. The van der Waals surface area contributed by atoms with Crippen molar-refractivity contribution in [1.82, 2.24) is 35.0 Å². The Hall–Kier alpha value is -4.36. The van der Waals surface area contributed by atoms with Crippen LogP contribution >= 0.6 is 0 Å². The number of benzene rings is 1. The van der Waals surface area contributed by atoms with Crippen LogP contribution in [0, 0.1) is 0 Å². The molecule has 2 N–H and O–H groups in total. The zero-order chi connectivity index (χ0) is 23.1. The molecule has 1 aromatic carbocycles. The monoisotopic (exact) mass is 445 g/mol. The van der Waals surface area contributed by atoms with Crippen LogP contribution in [0.4, 0.5) is 0 Å². The molecule has 166 valence electrons. The molecule has 0 saturated carbocycles. The Kier molecular flexibility index (Phi) is 4.89. The highest BCUT2D eigenvalue weighted by atomic mass is 15.1. The summed E-state index contributed by atoms with van der Waals surface area (Å²) in [5.74, 6) is 0. The van der Waals surface area contributed by atoms with Crippen LogP contribution in [0.1, 0.15) is 5.56 Å². The minimum Gasteiger partial charge on any atom is -0.353 e. The van der Waals surface area contributed by atoms with Crippen molar-refractivity contribution in [2.24, 2.45) is 0 Å². The molecular weight excluding hydrogens is 422 g/mol. The maximum atomic E-state index is 4.66. The van der Waals surface area contributed by atoms with Gasteiger partial charge in [-0.05, 0) is 55.6 Å². The van der Waals surface area contributed by atoms with Gasteiger partial charge in [-0.1, -0.05) is 18.2 Å². The lowest BCUT2D eigenvalue weighted by Gasteiger charge is -2.10. The molecule has 0 bridgehead atoms. The predicted octanol–water partition coefficient (Wildman–Crippen LogP) is 5.29. The Labute approximate surface area is 196 Å². The second-order valence-electron chi connectivity index (χ2n) is 8.70. The van der Waals surface area contributed by atoms with E-state index in [0.29, 0.717) is 0 Å². The fourth-order valence-electron chi connectivity index (χ4n) is 4.42. The van der Waals surface area contributed by atoms with E-state index >= 15 is 0 Å². The SMILES string of the molecule is CN(C)Cc1cncc(-c2cc3c(-c4cc5c(-c6cccnc6)cccc5[nH]4)n[nH]c3cn2)c1. The molecule has 0 radical (unpaired) electrons. The van der Waals surface area contributed by atoms with Gasteiger partial charge in [0.2, 0.25) is 0 Å². The van der Waals surface area contributed by atoms with E-state index in [9.17, 15) is 0 Å². The molecule has 0 aliphatic rings. The molecule has 0 amide bonds. The van der Waals surface area contributed by atoms with E-state index in [-0.39, 0.29) is 0 Å². The standard InChI is InChI=1S/C27H23N7/c1-34(2)16-17-9-19(14-29-12-17)24-11-22-26(15-30-24)32-33-27(22)25-10-21-20(6-3-7-23(21)31-25)18-5-4-8-28-13-18/h3-15,31H,16H2,1-2H3,(H,32,33). The average molecular weight is 446 g/mol. The number of pyridine rings is 3. The summed E-state index contributed by atoms with van der Waals surface area (Å²) in [5, 5.41) is 9.90. The average Bonchev–Trinajstić information content (AvgIpc) is 3.48. The molecule has 0 unspecified atom stereocenters. The van der Waals surface area contributed by atoms with Crippen LogP contribution in [-0.4, -0.2) is 49.1 Å². The van der Waals surface area contributed by atoms with Gasteiger partial charge in [-0.3, -0.25) is 20.1 Å². The third kappa shape index (κ3) is 3.62. The second-order valence-corrected chi connectivity index (χ2v) is 8.70. The van der Waals surface area contributed by atoms with Gasteiger partial charge in [0.05, 0.1) is 23.1 Å². The van der Waals surface area contributed by atoms with Gasteiger partial charge in [-0.15, -0.1) is 0 Å². The van der Waals surface area contributed by atoms with E-state index in [1.165, 1.54) is 0 Å². The van der Waals surface area contributed by atoms with Gasteiger partial charge in [0.15, 0.2) is 0 Å². The summed E-state index contributed by atoms with van der Waals surface area (Å²) in [5.41, 5.74) is 9.00. The number of rotatable bonds is 5. The van der Waals surface area contributed by atoms with Crippen molar-refractivity contribution in [3.05, 3.63) is 85.1 Å². The van der Waals surface area contributed by atoms with Gasteiger partial charge in [0, 0.05) is 58.7 Å². The zero-order valence-corrected chi connectivity index (χ0v) is 18.9. The van der Waals surface area contributed by atoms with Crippen molar-refractivity contribution < 1.29 is 0 Å². The minimum atomic E-state index is 0.828. The normalized spacial score (nSPS) is 11.6. The van der Waals surface area contributed by atoms with Crippen LogP contribution in [0.2, 0.25) is 0 Å². The van der Waals surface area contributed by atoms with Crippen molar-refractivity contribution in [2.75, 3.05) is 14.1 Å². The highest BCUT2D eigenvalue weighted by Gasteiger charge is 2.15. The van der Waals surface area contributed by atoms with Gasteiger partial charge in [-0.2, -0.15) is 5.10 Å². The number of aromatic nitrogens is 6. The quantitative estimate of drug-likeness (QED) is 0.376. The Bertz CT molecular complexity index is 1610. The number of hydrogen-bond donors (Lipinski definition) is 2. The van der Waals surface area contributed by atoms with Gasteiger partial charge in [-0.25, -0.2) is 0 Å². The van der Waals surface area contributed by atoms with Crippen molar-refractivity contribution >= 4 is 21.8 Å². The van der Waals surface area contributed by atoms with Crippen molar-refractivity contribution in [2.45, 2.75) is 6.54 Å². The summed E-state index contributed by atoms with van der Waals surface area (Å²) in [6.45, 7) is 0.828. The Morgan fingerprint density at radius 1 is 0.824 bits per heavy atom. The van der Waals surface area contributed by atoms with E-state index in [0.717, 1.165) is 67.7 Å². The van der Waals surface area contributed by atoms with Crippen molar-refractivity contribution in [1.29, 1.82) is 0 Å². The molecule has 7 heteroatoms. The van der Waals surface area contributed by atoms with E-state index in [1.54, 1.807) is 6.20 Å². The first-order chi connectivity index (χ1) is 16.7. The van der Waals surface area contributed by atoms with Gasteiger partial charge in [0.25, 0.3) is 0 Å². The molecule has 0 saturated heterocycles. The largest absolute Gasteiger partial charge is 0.353 e. The van der Waals surface area contributed by atoms with Crippen molar-refractivity contribution in [3.8, 4) is 33.8 Å². The summed E-state index contributed by atoms with van der Waals surface area (Å²) in [6.07, 6.45) is 9.27. The van der Waals surface area contributed by atoms with Crippen LogP contribution < -0.4 is 0 Å². The summed E-state index contributed by atoms with van der Waals surface area (Å²) >= 11 is 0. The first-order valence-corrected chi connectivity index (χ1v) is 11.1. The highest BCUT2D eigenvalue weighted by molar-refractivity contribution is 6.01. The summed E-state index contributed by atoms with van der Waals surface area (Å²) in [6, 6.07) is 16.7. The molecular formula is C27H23N7.